The molecule has 0 bridgehead atoms. The van der Waals surface area contributed by atoms with Crippen LogP contribution in [0.15, 0.2) is 59.7 Å². The number of hydrogen-bond acceptors (Lipinski definition) is 2. The summed E-state index contributed by atoms with van der Waals surface area (Å²) in [6.45, 7) is 6.39. The zero-order chi connectivity index (χ0) is 17.5. The normalized spacial score (nSPS) is 11.7. The van der Waals surface area contributed by atoms with Gasteiger partial charge in [0.25, 0.3) is 0 Å². The molecule has 0 aliphatic carbocycles. The van der Waals surface area contributed by atoms with Gasteiger partial charge < -0.3 is 15.0 Å². The first-order valence-corrected chi connectivity index (χ1v) is 8.76. The van der Waals surface area contributed by atoms with E-state index in [2.05, 4.69) is 75.4 Å². The summed E-state index contributed by atoms with van der Waals surface area (Å²) >= 11 is 0. The van der Waals surface area contributed by atoms with Gasteiger partial charge in [0, 0.05) is 25.0 Å². The fourth-order valence-electron chi connectivity index (χ4n) is 2.75. The summed E-state index contributed by atoms with van der Waals surface area (Å²) in [5.74, 6) is 0.826. The molecule has 130 valence electrons. The van der Waals surface area contributed by atoms with Crippen molar-refractivity contribution in [3.8, 4) is 0 Å². The number of nitrogens with zero attached hydrogens (tertiary/aromatic N) is 3. The summed E-state index contributed by atoms with van der Waals surface area (Å²) < 4.78 is 2.10. The molecule has 0 aliphatic heterocycles. The smallest absolute Gasteiger partial charge is 0.191 e. The topological polar surface area (TPSA) is 53.7 Å². The Kier molecular flexibility index (Phi) is 5.67. The maximum atomic E-state index is 4.66. The van der Waals surface area contributed by atoms with E-state index >= 15 is 0 Å². The number of aromatic nitrogens is 2. The SMILES string of the molecule is CCNC(=NCc1cn2c(C)cccc2n1)NCCc1ccccc1. The zero-order valence-electron chi connectivity index (χ0n) is 14.9. The highest BCUT2D eigenvalue weighted by molar-refractivity contribution is 5.79. The summed E-state index contributed by atoms with van der Waals surface area (Å²) in [6, 6.07) is 16.6. The minimum absolute atomic E-state index is 0.557. The van der Waals surface area contributed by atoms with Gasteiger partial charge in [-0.2, -0.15) is 0 Å². The predicted octanol–water partition coefficient (Wildman–Crippen LogP) is 2.94. The van der Waals surface area contributed by atoms with Gasteiger partial charge in [-0.25, -0.2) is 9.98 Å². The number of aliphatic imine (C=N–C) groups is 1. The Labute approximate surface area is 148 Å². The molecular formula is C20H25N5. The predicted molar refractivity (Wildman–Crippen MR) is 103 cm³/mol. The molecule has 0 atom stereocenters. The first kappa shape index (κ1) is 17.0. The van der Waals surface area contributed by atoms with E-state index in [1.54, 1.807) is 0 Å². The molecule has 0 spiro atoms. The average molecular weight is 335 g/mol. The highest BCUT2D eigenvalue weighted by Crippen LogP contribution is 2.09. The van der Waals surface area contributed by atoms with Gasteiger partial charge in [-0.05, 0) is 38.0 Å². The van der Waals surface area contributed by atoms with Crippen LogP contribution in [-0.4, -0.2) is 28.4 Å². The third-order valence-corrected chi connectivity index (χ3v) is 4.04. The Morgan fingerprint density at radius 3 is 2.68 bits per heavy atom. The van der Waals surface area contributed by atoms with Crippen molar-refractivity contribution in [2.24, 2.45) is 4.99 Å². The van der Waals surface area contributed by atoms with E-state index < -0.39 is 0 Å². The van der Waals surface area contributed by atoms with E-state index in [4.69, 9.17) is 0 Å². The third kappa shape index (κ3) is 4.59. The first-order chi connectivity index (χ1) is 12.3. The van der Waals surface area contributed by atoms with Gasteiger partial charge in [-0.15, -0.1) is 0 Å². The molecule has 2 aromatic heterocycles. The van der Waals surface area contributed by atoms with Crippen molar-refractivity contribution in [1.82, 2.24) is 20.0 Å². The number of nitrogens with one attached hydrogen (secondary N) is 2. The second-order valence-corrected chi connectivity index (χ2v) is 5.99. The third-order valence-electron chi connectivity index (χ3n) is 4.04. The Morgan fingerprint density at radius 1 is 1.08 bits per heavy atom. The van der Waals surface area contributed by atoms with Gasteiger partial charge in [-0.1, -0.05) is 36.4 Å². The molecule has 3 aromatic rings. The van der Waals surface area contributed by atoms with Crippen molar-refractivity contribution in [3.63, 3.8) is 0 Å². The molecule has 0 saturated carbocycles. The second kappa shape index (κ2) is 8.33. The number of hydrogen-bond donors (Lipinski definition) is 2. The largest absolute Gasteiger partial charge is 0.357 e. The molecule has 0 unspecified atom stereocenters. The van der Waals surface area contributed by atoms with E-state index in [-0.39, 0.29) is 0 Å². The number of rotatable bonds is 6. The van der Waals surface area contributed by atoms with Crippen molar-refractivity contribution in [2.75, 3.05) is 13.1 Å². The molecular weight excluding hydrogens is 310 g/mol. The van der Waals surface area contributed by atoms with Crippen molar-refractivity contribution in [1.29, 1.82) is 0 Å². The van der Waals surface area contributed by atoms with Gasteiger partial charge in [0.1, 0.15) is 5.65 Å². The van der Waals surface area contributed by atoms with E-state index in [1.807, 2.05) is 18.2 Å². The highest BCUT2D eigenvalue weighted by atomic mass is 15.2. The van der Waals surface area contributed by atoms with Crippen LogP contribution >= 0.6 is 0 Å². The number of guanidine groups is 1. The Morgan fingerprint density at radius 2 is 1.92 bits per heavy atom. The molecule has 2 heterocycles. The molecule has 2 N–H and O–H groups in total. The lowest BCUT2D eigenvalue weighted by Crippen LogP contribution is -2.38. The fraction of sp³-hybridized carbons (Fsp3) is 0.300. The Bertz CT molecular complexity index is 836. The van der Waals surface area contributed by atoms with Gasteiger partial charge in [-0.3, -0.25) is 0 Å². The minimum Gasteiger partial charge on any atom is -0.357 e. The molecule has 5 heteroatoms. The summed E-state index contributed by atoms with van der Waals surface area (Å²) in [7, 11) is 0. The van der Waals surface area contributed by atoms with Crippen LogP contribution in [0.1, 0.15) is 23.9 Å². The van der Waals surface area contributed by atoms with Crippen LogP contribution in [0.25, 0.3) is 5.65 Å². The average Bonchev–Trinajstić information content (AvgIpc) is 3.05. The summed E-state index contributed by atoms with van der Waals surface area (Å²) in [4.78, 5) is 9.29. The summed E-state index contributed by atoms with van der Waals surface area (Å²) in [6.07, 6.45) is 3.03. The highest BCUT2D eigenvalue weighted by Gasteiger charge is 2.03. The van der Waals surface area contributed by atoms with Crippen LogP contribution in [0.4, 0.5) is 0 Å². The van der Waals surface area contributed by atoms with Crippen molar-refractivity contribution in [2.45, 2.75) is 26.8 Å². The van der Waals surface area contributed by atoms with Crippen molar-refractivity contribution >= 4 is 11.6 Å². The number of pyridine rings is 1. The van der Waals surface area contributed by atoms with Gasteiger partial charge >= 0.3 is 0 Å². The quantitative estimate of drug-likeness (QED) is 0.538. The van der Waals surface area contributed by atoms with E-state index in [9.17, 15) is 0 Å². The zero-order valence-corrected chi connectivity index (χ0v) is 14.9. The van der Waals surface area contributed by atoms with Gasteiger partial charge in [0.05, 0.1) is 12.2 Å². The first-order valence-electron chi connectivity index (χ1n) is 8.76. The lowest BCUT2D eigenvalue weighted by molar-refractivity contribution is 0.797. The van der Waals surface area contributed by atoms with Crippen LogP contribution in [0.5, 0.6) is 0 Å². The Hall–Kier alpha value is -2.82. The molecule has 5 nitrogen and oxygen atoms in total. The summed E-state index contributed by atoms with van der Waals surface area (Å²) in [5.41, 5.74) is 4.43. The molecule has 3 rings (SSSR count). The maximum absolute atomic E-state index is 4.66. The lowest BCUT2D eigenvalue weighted by atomic mass is 10.1. The lowest BCUT2D eigenvalue weighted by Gasteiger charge is -2.10. The van der Waals surface area contributed by atoms with Crippen LogP contribution in [0.3, 0.4) is 0 Å². The van der Waals surface area contributed by atoms with Crippen LogP contribution in [0, 0.1) is 6.92 Å². The molecule has 0 fully saturated rings. The molecule has 1 aromatic carbocycles. The van der Waals surface area contributed by atoms with Crippen molar-refractivity contribution < 1.29 is 0 Å². The second-order valence-electron chi connectivity index (χ2n) is 5.99. The standard InChI is InChI=1S/C20H25N5/c1-3-21-20(22-13-12-17-9-5-4-6-10-17)23-14-18-15-25-16(2)8-7-11-19(25)24-18/h4-11,15H,3,12-14H2,1-2H3,(H2,21,22,23). The number of aryl methyl sites for hydroxylation is 1. The number of benzene rings is 1. The molecule has 0 saturated heterocycles. The van der Waals surface area contributed by atoms with Crippen LogP contribution in [0.2, 0.25) is 0 Å². The van der Waals surface area contributed by atoms with Crippen molar-refractivity contribution in [3.05, 3.63) is 71.7 Å². The van der Waals surface area contributed by atoms with E-state index in [0.717, 1.165) is 36.8 Å². The minimum atomic E-state index is 0.557. The van der Waals surface area contributed by atoms with Crippen LogP contribution in [-0.2, 0) is 13.0 Å². The molecule has 0 amide bonds. The molecule has 0 radical (unpaired) electrons. The molecule has 0 aliphatic rings. The van der Waals surface area contributed by atoms with Gasteiger partial charge in [0.2, 0.25) is 0 Å². The number of fused-ring (bicyclic) bond motifs is 1. The van der Waals surface area contributed by atoms with Crippen LogP contribution < -0.4 is 10.6 Å². The maximum Gasteiger partial charge on any atom is 0.191 e. The Balaban J connectivity index is 1.61. The van der Waals surface area contributed by atoms with Gasteiger partial charge in [0.15, 0.2) is 5.96 Å². The molecule has 25 heavy (non-hydrogen) atoms. The monoisotopic (exact) mass is 335 g/mol. The number of imidazole rings is 1. The fourth-order valence-corrected chi connectivity index (χ4v) is 2.75. The summed E-state index contributed by atoms with van der Waals surface area (Å²) in [5, 5.41) is 6.68. The van der Waals surface area contributed by atoms with E-state index in [0.29, 0.717) is 6.54 Å². The van der Waals surface area contributed by atoms with E-state index in [1.165, 1.54) is 11.3 Å².